The standard InChI is InChI=1S/C21H25F2N7O4/c1-9(31)14-15-20(29-17(24)28-15)21(33,34)13(8-30(20)18(25)27-14)26-16(32)11-4-2-6-12-10(11)5-3-7-19(12,22)23/h2,4,6,13-15,33-34H,3,5,7-8H2,1H3,(H6,24,25,26,27,28,29,32)/p+1/t13-,14?,15-,20-/m0/s1. The quantitative estimate of drug-likeness (QED) is 0.189. The van der Waals surface area contributed by atoms with Crippen LogP contribution in [0.1, 0.15) is 41.3 Å². The fourth-order valence-corrected chi connectivity index (χ4v) is 5.66. The maximum atomic E-state index is 14.4. The van der Waals surface area contributed by atoms with Crippen molar-refractivity contribution >= 4 is 23.6 Å². The molecule has 1 unspecified atom stereocenters. The Balaban J connectivity index is 1.51. The Labute approximate surface area is 192 Å². The van der Waals surface area contributed by atoms with Crippen LogP contribution in [-0.4, -0.2) is 74.5 Å². The number of nitrogens with one attached hydrogen (secondary N) is 3. The molecular formula is C21H26F2N7O4+. The van der Waals surface area contributed by atoms with E-state index in [0.29, 0.717) is 6.42 Å². The molecular weight excluding hydrogens is 452 g/mol. The minimum atomic E-state index is -3.04. The van der Waals surface area contributed by atoms with Crippen molar-refractivity contribution in [2.75, 3.05) is 6.54 Å². The fourth-order valence-electron chi connectivity index (χ4n) is 5.66. The number of benzene rings is 1. The van der Waals surface area contributed by atoms with Gasteiger partial charge in [-0.25, -0.2) is 18.3 Å². The molecule has 1 fully saturated rings. The van der Waals surface area contributed by atoms with E-state index < -0.39 is 41.4 Å². The molecule has 0 radical (unpaired) electrons. The molecule has 3 aliphatic heterocycles. The third kappa shape index (κ3) is 2.86. The highest BCUT2D eigenvalue weighted by Crippen LogP contribution is 2.43. The van der Waals surface area contributed by atoms with Crippen LogP contribution in [0.4, 0.5) is 8.78 Å². The van der Waals surface area contributed by atoms with Gasteiger partial charge in [0, 0.05) is 17.5 Å². The third-order valence-corrected chi connectivity index (χ3v) is 7.25. The molecule has 1 aromatic rings. The number of rotatable bonds is 3. The number of hydrogen-bond acceptors (Lipinski definition) is 9. The van der Waals surface area contributed by atoms with Crippen LogP contribution in [0.2, 0.25) is 0 Å². The molecule has 0 bridgehead atoms. The van der Waals surface area contributed by atoms with Crippen molar-refractivity contribution in [1.82, 2.24) is 16.0 Å². The van der Waals surface area contributed by atoms with Gasteiger partial charge in [-0.15, -0.1) is 0 Å². The van der Waals surface area contributed by atoms with Crippen LogP contribution in [0.25, 0.3) is 0 Å². The number of carbonyl (C=O) groups is 2. The highest BCUT2D eigenvalue weighted by molar-refractivity contribution is 5.97. The van der Waals surface area contributed by atoms with Gasteiger partial charge in [0.05, 0.1) is 6.54 Å². The van der Waals surface area contributed by atoms with E-state index in [4.69, 9.17) is 11.5 Å². The lowest BCUT2D eigenvalue weighted by molar-refractivity contribution is -0.622. The average Bonchev–Trinajstić information content (AvgIpc) is 3.22. The van der Waals surface area contributed by atoms with Gasteiger partial charge in [-0.05, 0) is 31.4 Å². The van der Waals surface area contributed by atoms with Crippen molar-refractivity contribution in [1.29, 1.82) is 0 Å². The van der Waals surface area contributed by atoms with Gasteiger partial charge in [0.25, 0.3) is 11.8 Å². The first-order valence-electron chi connectivity index (χ1n) is 10.9. The number of aliphatic hydroxyl groups is 2. The van der Waals surface area contributed by atoms with Gasteiger partial charge in [-0.1, -0.05) is 12.1 Å². The number of alkyl halides is 2. The zero-order chi connectivity index (χ0) is 24.6. The number of fused-ring (bicyclic) bond motifs is 1. The number of carbonyl (C=O) groups excluding carboxylic acids is 2. The number of guanidine groups is 2. The molecule has 1 amide bonds. The van der Waals surface area contributed by atoms with Crippen molar-refractivity contribution in [2.45, 2.75) is 61.7 Å². The van der Waals surface area contributed by atoms with E-state index in [0.717, 1.165) is 0 Å². The minimum Gasteiger partial charge on any atom is -0.370 e. The van der Waals surface area contributed by atoms with Gasteiger partial charge in [-0.2, -0.15) is 0 Å². The Bertz CT molecular complexity index is 1170. The first-order chi connectivity index (χ1) is 15.9. The molecule has 0 saturated carbocycles. The van der Waals surface area contributed by atoms with Gasteiger partial charge >= 0.3 is 5.96 Å². The van der Waals surface area contributed by atoms with Crippen molar-refractivity contribution < 1.29 is 33.2 Å². The topological polar surface area (TPSA) is 178 Å². The number of aliphatic imine (C=N–C) groups is 1. The summed E-state index contributed by atoms with van der Waals surface area (Å²) in [6.45, 7) is 1.12. The number of Topliss-reactive ketones (excluding diaryl/α,β-unsaturated/α-hetero) is 1. The smallest absolute Gasteiger partial charge is 0.346 e. The Morgan fingerprint density at radius 2 is 2.03 bits per heavy atom. The van der Waals surface area contributed by atoms with Crippen LogP contribution in [0, 0.1) is 0 Å². The monoisotopic (exact) mass is 478 g/mol. The lowest BCUT2D eigenvalue weighted by Gasteiger charge is -2.43. The molecule has 13 heteroatoms. The molecule has 1 aromatic carbocycles. The Morgan fingerprint density at radius 3 is 2.74 bits per heavy atom. The zero-order valence-corrected chi connectivity index (χ0v) is 18.3. The van der Waals surface area contributed by atoms with Gasteiger partial charge in [0.2, 0.25) is 11.4 Å². The average molecular weight is 478 g/mol. The maximum absolute atomic E-state index is 14.4. The molecule has 1 saturated heterocycles. The summed E-state index contributed by atoms with van der Waals surface area (Å²) in [6, 6.07) is 0.711. The number of hydrogen-bond donors (Lipinski definition) is 7. The molecule has 5 rings (SSSR count). The van der Waals surface area contributed by atoms with Crippen molar-refractivity contribution in [2.24, 2.45) is 16.5 Å². The summed E-state index contributed by atoms with van der Waals surface area (Å²) in [5, 5.41) is 30.8. The summed E-state index contributed by atoms with van der Waals surface area (Å²) < 4.78 is 30.2. The number of ketones is 1. The predicted molar refractivity (Wildman–Crippen MR) is 115 cm³/mol. The van der Waals surface area contributed by atoms with Crippen LogP contribution >= 0.6 is 0 Å². The first kappa shape index (κ1) is 22.5. The lowest BCUT2D eigenvalue weighted by atomic mass is 9.83. The Hall–Kier alpha value is -3.32. The second-order valence-electron chi connectivity index (χ2n) is 9.22. The molecule has 3 heterocycles. The van der Waals surface area contributed by atoms with Crippen molar-refractivity contribution in [3.63, 3.8) is 0 Å². The maximum Gasteiger partial charge on any atom is 0.346 e. The molecule has 182 valence electrons. The lowest BCUT2D eigenvalue weighted by Crippen LogP contribution is -2.79. The van der Waals surface area contributed by atoms with E-state index >= 15 is 0 Å². The summed E-state index contributed by atoms with van der Waals surface area (Å²) in [6.07, 6.45) is 0.230. The number of halogens is 2. The van der Waals surface area contributed by atoms with Crippen molar-refractivity contribution in [3.8, 4) is 0 Å². The molecule has 4 aliphatic rings. The van der Waals surface area contributed by atoms with E-state index in [9.17, 15) is 28.6 Å². The van der Waals surface area contributed by atoms with Crippen LogP contribution in [0.3, 0.4) is 0 Å². The second kappa shape index (κ2) is 7.09. The van der Waals surface area contributed by atoms with Gasteiger partial charge in [-0.3, -0.25) is 20.6 Å². The number of nitrogens with zero attached hydrogens (tertiary/aromatic N) is 2. The molecule has 9 N–H and O–H groups in total. The Morgan fingerprint density at radius 1 is 1.29 bits per heavy atom. The van der Waals surface area contributed by atoms with E-state index in [1.165, 1.54) is 29.7 Å². The van der Waals surface area contributed by atoms with E-state index in [1.54, 1.807) is 0 Å². The highest BCUT2D eigenvalue weighted by Gasteiger charge is 2.75. The third-order valence-electron chi connectivity index (χ3n) is 7.25. The van der Waals surface area contributed by atoms with E-state index in [-0.39, 0.29) is 53.8 Å². The number of nitrogens with two attached hydrogens (primary N) is 2. The molecule has 34 heavy (non-hydrogen) atoms. The van der Waals surface area contributed by atoms with Gasteiger partial charge in [0.15, 0.2) is 23.8 Å². The predicted octanol–water partition coefficient (Wildman–Crippen LogP) is -2.22. The van der Waals surface area contributed by atoms with Crippen LogP contribution in [0.15, 0.2) is 23.2 Å². The van der Waals surface area contributed by atoms with Gasteiger partial charge < -0.3 is 26.6 Å². The van der Waals surface area contributed by atoms with Crippen LogP contribution in [-0.2, 0) is 17.1 Å². The summed E-state index contributed by atoms with van der Waals surface area (Å²) in [5.74, 6) is -6.99. The molecule has 1 aliphatic carbocycles. The summed E-state index contributed by atoms with van der Waals surface area (Å²) >= 11 is 0. The molecule has 0 aromatic heterocycles. The SMILES string of the molecule is CC(=O)C1NC(N)=[N+]2C[C@H](NC(=O)c3cccc4c3CCCC4(F)F)C(O)(O)[C@@]23NC(N)=N[C@@H]13. The first-order valence-corrected chi connectivity index (χ1v) is 10.9. The normalized spacial score (nSPS) is 32.5. The Kier molecular flexibility index (Phi) is 4.69. The van der Waals surface area contributed by atoms with E-state index in [2.05, 4.69) is 20.9 Å². The molecule has 4 atom stereocenters. The van der Waals surface area contributed by atoms with Crippen molar-refractivity contribution in [3.05, 3.63) is 34.9 Å². The fraction of sp³-hybridized carbons (Fsp3) is 0.524. The zero-order valence-electron chi connectivity index (χ0n) is 18.3. The van der Waals surface area contributed by atoms with Crippen LogP contribution < -0.4 is 27.4 Å². The molecule has 11 nitrogen and oxygen atoms in total. The summed E-state index contributed by atoms with van der Waals surface area (Å²) in [4.78, 5) is 29.6. The largest absolute Gasteiger partial charge is 0.370 e. The highest BCUT2D eigenvalue weighted by atomic mass is 19.3. The second-order valence-corrected chi connectivity index (χ2v) is 9.22. The number of amides is 1. The summed E-state index contributed by atoms with van der Waals surface area (Å²) in [5.41, 5.74) is 10.2. The summed E-state index contributed by atoms with van der Waals surface area (Å²) in [7, 11) is 0. The van der Waals surface area contributed by atoms with E-state index in [1.807, 2.05) is 0 Å². The molecule has 1 spiro atoms. The van der Waals surface area contributed by atoms with Gasteiger partial charge in [0.1, 0.15) is 6.04 Å². The minimum absolute atomic E-state index is 0.0326. The van der Waals surface area contributed by atoms with Crippen LogP contribution in [0.5, 0.6) is 0 Å².